The van der Waals surface area contributed by atoms with Gasteiger partial charge >= 0.3 is 0 Å². The van der Waals surface area contributed by atoms with Gasteiger partial charge in [-0.2, -0.15) is 0 Å². The van der Waals surface area contributed by atoms with Crippen molar-refractivity contribution < 1.29 is 4.79 Å². The van der Waals surface area contributed by atoms with E-state index in [1.165, 1.54) is 31.2 Å². The van der Waals surface area contributed by atoms with Crippen molar-refractivity contribution in [3.05, 3.63) is 71.9 Å². The summed E-state index contributed by atoms with van der Waals surface area (Å²) in [6.45, 7) is 0.785. The van der Waals surface area contributed by atoms with Gasteiger partial charge in [0.2, 0.25) is 0 Å². The molecule has 0 bridgehead atoms. The molecule has 2 aliphatic carbocycles. The van der Waals surface area contributed by atoms with Gasteiger partial charge in [-0.15, -0.1) is 0 Å². The molecule has 1 amide bonds. The van der Waals surface area contributed by atoms with Gasteiger partial charge in [-0.3, -0.25) is 4.79 Å². The molecule has 138 valence electrons. The molecule has 3 aromatic rings. The highest BCUT2D eigenvalue weighted by molar-refractivity contribution is 6.07. The predicted molar refractivity (Wildman–Crippen MR) is 109 cm³/mol. The number of carbonyl (C=O) groups is 1. The fraction of sp³-hybridized carbons (Fsp3) is 0.375. The maximum Gasteiger partial charge on any atom is 0.256 e. The molecule has 0 N–H and O–H groups in total. The molecular weight excluding hydrogens is 332 g/mol. The number of hydrogen-bond donors (Lipinski definition) is 0. The highest BCUT2D eigenvalue weighted by atomic mass is 16.2. The van der Waals surface area contributed by atoms with Gasteiger partial charge in [0.25, 0.3) is 5.91 Å². The topological polar surface area (TPSA) is 25.2 Å². The van der Waals surface area contributed by atoms with Crippen LogP contribution >= 0.6 is 0 Å². The van der Waals surface area contributed by atoms with E-state index in [1.54, 1.807) is 0 Å². The number of fused-ring (bicyclic) bond motifs is 1. The van der Waals surface area contributed by atoms with Crippen LogP contribution in [-0.2, 0) is 6.54 Å². The lowest BCUT2D eigenvalue weighted by molar-refractivity contribution is 0.0691. The highest BCUT2D eigenvalue weighted by Crippen LogP contribution is 2.47. The molecule has 0 saturated heterocycles. The SMILES string of the molecule is CN(C(=O)c1cn(Cc2ccccc2)c2ccccc12)C(C1CC1)C1CC1. The second-order valence-electron chi connectivity index (χ2n) is 8.25. The van der Waals surface area contributed by atoms with Crippen LogP contribution < -0.4 is 0 Å². The third-order valence-corrected chi connectivity index (χ3v) is 6.19. The Labute approximate surface area is 160 Å². The maximum absolute atomic E-state index is 13.4. The minimum atomic E-state index is 0.182. The summed E-state index contributed by atoms with van der Waals surface area (Å²) in [5, 5.41) is 1.07. The monoisotopic (exact) mass is 358 g/mol. The summed E-state index contributed by atoms with van der Waals surface area (Å²) in [7, 11) is 2.02. The van der Waals surface area contributed by atoms with Gasteiger partial charge in [0, 0.05) is 36.7 Å². The van der Waals surface area contributed by atoms with Crippen molar-refractivity contribution in [1.82, 2.24) is 9.47 Å². The van der Waals surface area contributed by atoms with E-state index in [9.17, 15) is 4.79 Å². The molecule has 0 unspecified atom stereocenters. The first kappa shape index (κ1) is 16.6. The fourth-order valence-corrected chi connectivity index (χ4v) is 4.55. The van der Waals surface area contributed by atoms with E-state index in [-0.39, 0.29) is 5.91 Å². The second kappa shape index (κ2) is 6.56. The number of amides is 1. The molecule has 0 radical (unpaired) electrons. The van der Waals surface area contributed by atoms with E-state index >= 15 is 0 Å². The number of hydrogen-bond acceptors (Lipinski definition) is 1. The molecule has 1 heterocycles. The largest absolute Gasteiger partial charge is 0.342 e. The normalized spacial score (nSPS) is 16.8. The molecule has 2 fully saturated rings. The number of para-hydroxylation sites is 1. The van der Waals surface area contributed by atoms with E-state index in [4.69, 9.17) is 0 Å². The number of rotatable bonds is 6. The molecule has 2 aromatic carbocycles. The van der Waals surface area contributed by atoms with Crippen LogP contribution in [0.1, 0.15) is 41.6 Å². The van der Waals surface area contributed by atoms with Crippen molar-refractivity contribution >= 4 is 16.8 Å². The van der Waals surface area contributed by atoms with Crippen molar-refractivity contribution in [2.45, 2.75) is 38.3 Å². The Bertz CT molecular complexity index is 954. The predicted octanol–water partition coefficient (Wildman–Crippen LogP) is 4.95. The average Bonchev–Trinajstić information content (AvgIpc) is 3.63. The first-order chi connectivity index (χ1) is 13.2. The van der Waals surface area contributed by atoms with Crippen molar-refractivity contribution in [1.29, 1.82) is 0 Å². The van der Waals surface area contributed by atoms with Gasteiger partial charge in [-0.05, 0) is 49.1 Å². The minimum absolute atomic E-state index is 0.182. The Morgan fingerprint density at radius 3 is 2.30 bits per heavy atom. The maximum atomic E-state index is 13.4. The van der Waals surface area contributed by atoms with E-state index < -0.39 is 0 Å². The third-order valence-electron chi connectivity index (χ3n) is 6.19. The van der Waals surface area contributed by atoms with Crippen molar-refractivity contribution in [2.24, 2.45) is 11.8 Å². The Hall–Kier alpha value is -2.55. The Morgan fingerprint density at radius 2 is 1.63 bits per heavy atom. The number of aromatic nitrogens is 1. The second-order valence-corrected chi connectivity index (χ2v) is 8.25. The zero-order chi connectivity index (χ0) is 18.4. The standard InChI is InChI=1S/C24H26N2O/c1-25(23(18-11-12-18)19-13-14-19)24(27)21-16-26(15-17-7-3-2-4-8-17)22-10-6-5-9-20(21)22/h2-10,16,18-19,23H,11-15H2,1H3. The first-order valence-electron chi connectivity index (χ1n) is 10.1. The van der Waals surface area contributed by atoms with E-state index in [2.05, 4.69) is 58.1 Å². The lowest BCUT2D eigenvalue weighted by Gasteiger charge is -2.28. The van der Waals surface area contributed by atoms with E-state index in [1.807, 2.05) is 19.2 Å². The van der Waals surface area contributed by atoms with Gasteiger partial charge in [0.1, 0.15) is 0 Å². The van der Waals surface area contributed by atoms with Crippen LogP contribution in [0.4, 0.5) is 0 Å². The molecule has 1 aromatic heterocycles. The molecule has 27 heavy (non-hydrogen) atoms. The van der Waals surface area contributed by atoms with Crippen molar-refractivity contribution in [2.75, 3.05) is 7.05 Å². The lowest BCUT2D eigenvalue weighted by atomic mass is 10.0. The minimum Gasteiger partial charge on any atom is -0.342 e. The van der Waals surface area contributed by atoms with Crippen LogP contribution in [0.2, 0.25) is 0 Å². The quantitative estimate of drug-likeness (QED) is 0.612. The van der Waals surface area contributed by atoms with Gasteiger partial charge in [-0.1, -0.05) is 48.5 Å². The molecule has 0 spiro atoms. The molecule has 3 heteroatoms. The number of nitrogens with zero attached hydrogens (tertiary/aromatic N) is 2. The zero-order valence-corrected chi connectivity index (χ0v) is 15.8. The zero-order valence-electron chi connectivity index (χ0n) is 15.8. The van der Waals surface area contributed by atoms with Gasteiger partial charge in [0.05, 0.1) is 5.56 Å². The number of carbonyl (C=O) groups excluding carboxylic acids is 1. The van der Waals surface area contributed by atoms with E-state index in [0.717, 1.165) is 34.8 Å². The lowest BCUT2D eigenvalue weighted by Crippen LogP contribution is -2.40. The van der Waals surface area contributed by atoms with E-state index in [0.29, 0.717) is 6.04 Å². The molecule has 2 saturated carbocycles. The Morgan fingerprint density at radius 1 is 1.00 bits per heavy atom. The summed E-state index contributed by atoms with van der Waals surface area (Å²) in [6.07, 6.45) is 7.21. The van der Waals surface area contributed by atoms with Crippen molar-refractivity contribution in [3.63, 3.8) is 0 Å². The summed E-state index contributed by atoms with van der Waals surface area (Å²) in [5.41, 5.74) is 3.22. The van der Waals surface area contributed by atoms with Gasteiger partial charge in [0.15, 0.2) is 0 Å². The van der Waals surface area contributed by atoms with Crippen LogP contribution in [-0.4, -0.2) is 28.5 Å². The molecule has 0 atom stereocenters. The molecule has 3 nitrogen and oxygen atoms in total. The molecule has 5 rings (SSSR count). The summed E-state index contributed by atoms with van der Waals surface area (Å²) in [6, 6.07) is 19.2. The smallest absolute Gasteiger partial charge is 0.256 e. The first-order valence-corrected chi connectivity index (χ1v) is 10.1. The van der Waals surface area contributed by atoms with Gasteiger partial charge in [-0.25, -0.2) is 0 Å². The third kappa shape index (κ3) is 3.16. The summed E-state index contributed by atoms with van der Waals surface area (Å²) < 4.78 is 2.22. The Kier molecular flexibility index (Phi) is 4.04. The molecule has 0 aliphatic heterocycles. The number of benzene rings is 2. The summed E-state index contributed by atoms with van der Waals surface area (Å²) in [4.78, 5) is 15.5. The van der Waals surface area contributed by atoms with Crippen LogP contribution in [0.15, 0.2) is 60.8 Å². The van der Waals surface area contributed by atoms with Crippen LogP contribution in [0.5, 0.6) is 0 Å². The molecular formula is C24H26N2O. The average molecular weight is 358 g/mol. The molecule has 2 aliphatic rings. The fourth-order valence-electron chi connectivity index (χ4n) is 4.55. The highest BCUT2D eigenvalue weighted by Gasteiger charge is 2.45. The van der Waals surface area contributed by atoms with Gasteiger partial charge < -0.3 is 9.47 Å². The van der Waals surface area contributed by atoms with Crippen LogP contribution in [0.3, 0.4) is 0 Å². The van der Waals surface area contributed by atoms with Crippen molar-refractivity contribution in [3.8, 4) is 0 Å². The Balaban J connectivity index is 1.50. The van der Waals surface area contributed by atoms with Crippen LogP contribution in [0.25, 0.3) is 10.9 Å². The summed E-state index contributed by atoms with van der Waals surface area (Å²) >= 11 is 0. The van der Waals surface area contributed by atoms with Crippen LogP contribution in [0, 0.1) is 11.8 Å². The summed E-state index contributed by atoms with van der Waals surface area (Å²) in [5.74, 6) is 1.63.